The highest BCUT2D eigenvalue weighted by atomic mass is 19.1. The number of anilines is 2. The number of likely N-dealkylation sites (tertiary alicyclic amines) is 1. The number of nitrogens with one attached hydrogen (secondary N) is 1. The minimum absolute atomic E-state index is 0.0417. The van der Waals surface area contributed by atoms with E-state index in [1.165, 1.54) is 18.5 Å². The predicted molar refractivity (Wildman–Crippen MR) is 156 cm³/mol. The molecular weight excluding hydrogens is 521 g/mol. The van der Waals surface area contributed by atoms with Gasteiger partial charge in [-0.15, -0.1) is 0 Å². The van der Waals surface area contributed by atoms with Crippen LogP contribution in [-0.2, 0) is 11.8 Å². The van der Waals surface area contributed by atoms with Crippen molar-refractivity contribution >= 4 is 39.5 Å². The second-order valence-electron chi connectivity index (χ2n) is 10.3. The summed E-state index contributed by atoms with van der Waals surface area (Å²) in [5.41, 5.74) is 4.93. The molecule has 0 unspecified atom stereocenters. The molecule has 41 heavy (non-hydrogen) atoms. The molecule has 3 aromatic heterocycles. The minimum atomic E-state index is -0.483. The summed E-state index contributed by atoms with van der Waals surface area (Å²) >= 11 is 0. The van der Waals surface area contributed by atoms with Gasteiger partial charge in [0.2, 0.25) is 5.91 Å². The molecule has 1 aliphatic heterocycles. The number of aryl methyl sites for hydroxylation is 2. The molecule has 4 heterocycles. The number of halogens is 1. The van der Waals surface area contributed by atoms with E-state index in [0.29, 0.717) is 41.4 Å². The molecule has 0 saturated carbocycles. The van der Waals surface area contributed by atoms with Crippen molar-refractivity contribution in [3.8, 4) is 11.5 Å². The standard InChI is InChI=1S/C31H30FN7O2/c1-4-29(40)39-12-5-6-20(11-13-39)23-8-9-24-30(36-23)31(34-17-33-24)37-25-14-19(2)28(16-22(25)32)41-21-7-10-27-26(15-21)35-18-38(27)3/h4,7-10,14-18,20H,1,5-6,11-13H2,2-3H3,(H,33,34,37)/t20-/m1/s1. The van der Waals surface area contributed by atoms with Crippen LogP contribution >= 0.6 is 0 Å². The lowest BCUT2D eigenvalue weighted by atomic mass is 9.96. The Hall–Kier alpha value is -4.86. The van der Waals surface area contributed by atoms with E-state index in [4.69, 9.17) is 9.72 Å². The number of nitrogens with zero attached hydrogens (tertiary/aromatic N) is 6. The Morgan fingerprint density at radius 3 is 2.83 bits per heavy atom. The van der Waals surface area contributed by atoms with Crippen molar-refractivity contribution in [1.29, 1.82) is 0 Å². The van der Waals surface area contributed by atoms with Crippen LogP contribution in [-0.4, -0.2) is 48.4 Å². The summed E-state index contributed by atoms with van der Waals surface area (Å²) in [7, 11) is 1.93. The average Bonchev–Trinajstić information content (AvgIpc) is 3.17. The molecule has 1 fully saturated rings. The normalized spacial score (nSPS) is 15.6. The van der Waals surface area contributed by atoms with E-state index in [0.717, 1.165) is 41.6 Å². The van der Waals surface area contributed by atoms with Crippen LogP contribution in [0.25, 0.3) is 22.1 Å². The number of carbonyl (C=O) groups is 1. The van der Waals surface area contributed by atoms with Gasteiger partial charge >= 0.3 is 0 Å². The zero-order valence-corrected chi connectivity index (χ0v) is 23.0. The fourth-order valence-electron chi connectivity index (χ4n) is 5.32. The largest absolute Gasteiger partial charge is 0.457 e. The summed E-state index contributed by atoms with van der Waals surface area (Å²) in [6.45, 7) is 6.83. The highest BCUT2D eigenvalue weighted by molar-refractivity contribution is 5.88. The zero-order valence-electron chi connectivity index (χ0n) is 23.0. The van der Waals surface area contributed by atoms with E-state index in [2.05, 4.69) is 26.8 Å². The van der Waals surface area contributed by atoms with Gasteiger partial charge in [0.1, 0.15) is 29.2 Å². The Bertz CT molecular complexity index is 1780. The van der Waals surface area contributed by atoms with E-state index >= 15 is 4.39 Å². The number of amides is 1. The van der Waals surface area contributed by atoms with Gasteiger partial charge in [0.25, 0.3) is 0 Å². The number of ether oxygens (including phenoxy) is 1. The van der Waals surface area contributed by atoms with E-state index in [1.807, 2.05) is 53.8 Å². The second-order valence-corrected chi connectivity index (χ2v) is 10.3. The van der Waals surface area contributed by atoms with Crippen molar-refractivity contribution < 1.29 is 13.9 Å². The van der Waals surface area contributed by atoms with Gasteiger partial charge in [-0.2, -0.15) is 0 Å². The molecule has 0 spiro atoms. The summed E-state index contributed by atoms with van der Waals surface area (Å²) in [5.74, 6) is 1.07. The van der Waals surface area contributed by atoms with E-state index < -0.39 is 5.82 Å². The van der Waals surface area contributed by atoms with Crippen molar-refractivity contribution in [1.82, 2.24) is 29.4 Å². The van der Waals surface area contributed by atoms with Crippen molar-refractivity contribution in [3.05, 3.63) is 84.8 Å². The Balaban J connectivity index is 1.24. The summed E-state index contributed by atoms with van der Waals surface area (Å²) < 4.78 is 23.3. The van der Waals surface area contributed by atoms with Crippen LogP contribution < -0.4 is 10.1 Å². The molecule has 1 N–H and O–H groups in total. The molecule has 208 valence electrons. The van der Waals surface area contributed by atoms with Gasteiger partial charge in [0.05, 0.1) is 28.6 Å². The lowest BCUT2D eigenvalue weighted by Crippen LogP contribution is -2.30. The van der Waals surface area contributed by atoms with E-state index in [9.17, 15) is 4.79 Å². The van der Waals surface area contributed by atoms with Crippen LogP contribution in [0.15, 0.2) is 67.8 Å². The number of aromatic nitrogens is 5. The molecule has 6 rings (SSSR count). The van der Waals surface area contributed by atoms with Gasteiger partial charge in [-0.05, 0) is 68.2 Å². The van der Waals surface area contributed by atoms with Crippen LogP contribution in [0, 0.1) is 12.7 Å². The fourth-order valence-corrected chi connectivity index (χ4v) is 5.32. The van der Waals surface area contributed by atoms with Crippen LogP contribution in [0.3, 0.4) is 0 Å². The molecule has 0 radical (unpaired) electrons. The Labute approximate surface area is 236 Å². The first kappa shape index (κ1) is 26.4. The van der Waals surface area contributed by atoms with Crippen molar-refractivity contribution in [2.24, 2.45) is 7.05 Å². The summed E-state index contributed by atoms with van der Waals surface area (Å²) in [6.07, 6.45) is 7.15. The van der Waals surface area contributed by atoms with Gasteiger partial charge in [-0.3, -0.25) is 4.79 Å². The van der Waals surface area contributed by atoms with Gasteiger partial charge in [-0.1, -0.05) is 6.58 Å². The number of carbonyl (C=O) groups excluding carboxylic acids is 1. The Morgan fingerprint density at radius 2 is 1.98 bits per heavy atom. The Kier molecular flexibility index (Phi) is 7.05. The number of hydrogen-bond donors (Lipinski definition) is 1. The minimum Gasteiger partial charge on any atom is -0.457 e. The maximum Gasteiger partial charge on any atom is 0.245 e. The van der Waals surface area contributed by atoms with Gasteiger partial charge < -0.3 is 19.5 Å². The van der Waals surface area contributed by atoms with Gasteiger partial charge in [0.15, 0.2) is 5.82 Å². The molecule has 0 bridgehead atoms. The molecule has 0 aliphatic carbocycles. The van der Waals surface area contributed by atoms with Crippen molar-refractivity contribution in [3.63, 3.8) is 0 Å². The molecule has 10 heteroatoms. The predicted octanol–water partition coefficient (Wildman–Crippen LogP) is 6.18. The molecule has 1 amide bonds. The van der Waals surface area contributed by atoms with Gasteiger partial charge in [-0.25, -0.2) is 24.3 Å². The summed E-state index contributed by atoms with van der Waals surface area (Å²) in [4.78, 5) is 32.0. The highest BCUT2D eigenvalue weighted by Gasteiger charge is 2.22. The average molecular weight is 552 g/mol. The third-order valence-corrected chi connectivity index (χ3v) is 7.58. The van der Waals surface area contributed by atoms with Crippen LogP contribution in [0.4, 0.5) is 15.9 Å². The number of rotatable bonds is 6. The van der Waals surface area contributed by atoms with E-state index in [-0.39, 0.29) is 17.5 Å². The first-order valence-electron chi connectivity index (χ1n) is 13.6. The van der Waals surface area contributed by atoms with E-state index in [1.54, 1.807) is 12.4 Å². The smallest absolute Gasteiger partial charge is 0.245 e. The number of hydrogen-bond acceptors (Lipinski definition) is 7. The van der Waals surface area contributed by atoms with Crippen LogP contribution in [0.1, 0.15) is 36.4 Å². The van der Waals surface area contributed by atoms with Gasteiger partial charge in [0, 0.05) is 43.9 Å². The molecule has 2 aromatic carbocycles. The summed E-state index contributed by atoms with van der Waals surface area (Å²) in [5, 5.41) is 3.13. The van der Waals surface area contributed by atoms with Crippen LogP contribution in [0.2, 0.25) is 0 Å². The fraction of sp³-hybridized carbons (Fsp3) is 0.258. The van der Waals surface area contributed by atoms with Crippen molar-refractivity contribution in [2.45, 2.75) is 32.1 Å². The number of benzene rings is 2. The maximum absolute atomic E-state index is 15.4. The molecular formula is C31H30FN7O2. The monoisotopic (exact) mass is 551 g/mol. The third kappa shape index (κ3) is 5.32. The lowest BCUT2D eigenvalue weighted by molar-refractivity contribution is -0.125. The van der Waals surface area contributed by atoms with Crippen LogP contribution in [0.5, 0.6) is 11.5 Å². The first-order valence-corrected chi connectivity index (χ1v) is 13.6. The quantitative estimate of drug-likeness (QED) is 0.252. The SMILES string of the molecule is C=CC(=O)N1CCC[C@@H](c2ccc3ncnc(Nc4cc(C)c(Oc5ccc6c(c5)ncn6C)cc4F)c3n2)CC1. The molecule has 1 saturated heterocycles. The highest BCUT2D eigenvalue weighted by Crippen LogP contribution is 2.34. The number of fused-ring (bicyclic) bond motifs is 2. The second kappa shape index (κ2) is 11.0. The Morgan fingerprint density at radius 1 is 1.10 bits per heavy atom. The molecule has 5 aromatic rings. The lowest BCUT2D eigenvalue weighted by Gasteiger charge is -2.18. The zero-order chi connectivity index (χ0) is 28.5. The maximum atomic E-state index is 15.4. The van der Waals surface area contributed by atoms with Crippen molar-refractivity contribution in [2.75, 3.05) is 18.4 Å². The number of imidazole rings is 1. The molecule has 9 nitrogen and oxygen atoms in total. The third-order valence-electron chi connectivity index (χ3n) is 7.58. The first-order chi connectivity index (χ1) is 19.9. The topological polar surface area (TPSA) is 98.1 Å². The molecule has 1 atom stereocenters. The number of pyridine rings is 1. The summed E-state index contributed by atoms with van der Waals surface area (Å²) in [6, 6.07) is 12.5. The molecule has 1 aliphatic rings.